The molecule has 0 radical (unpaired) electrons. The van der Waals surface area contributed by atoms with Crippen molar-refractivity contribution in [1.29, 1.82) is 0 Å². The van der Waals surface area contributed by atoms with Crippen molar-refractivity contribution in [2.45, 2.75) is 13.3 Å². The van der Waals surface area contributed by atoms with E-state index in [1.165, 1.54) is 16.4 Å². The molecule has 2 aromatic rings. The Hall–Kier alpha value is -1.62. The third-order valence-corrected chi connectivity index (χ3v) is 2.79. The number of benzene rings is 1. The monoisotopic (exact) mass is 236 g/mol. The van der Waals surface area contributed by atoms with E-state index in [1.807, 2.05) is 6.92 Å². The van der Waals surface area contributed by atoms with E-state index < -0.39 is 0 Å². The minimum atomic E-state index is 0.0190. The molecular formula is C11H12N2O2S. The number of phenols is 2. The van der Waals surface area contributed by atoms with Crippen LogP contribution in [0.2, 0.25) is 0 Å². The highest BCUT2D eigenvalue weighted by atomic mass is 32.1. The van der Waals surface area contributed by atoms with Crippen molar-refractivity contribution in [2.75, 3.05) is 0 Å². The van der Waals surface area contributed by atoms with Gasteiger partial charge in [0, 0.05) is 11.6 Å². The van der Waals surface area contributed by atoms with Crippen LogP contribution in [0.15, 0.2) is 24.7 Å². The molecule has 0 atom stereocenters. The molecule has 4 nitrogen and oxygen atoms in total. The quantitative estimate of drug-likeness (QED) is 0.701. The Morgan fingerprint density at radius 1 is 1.31 bits per heavy atom. The molecule has 0 aliphatic heterocycles. The van der Waals surface area contributed by atoms with Crippen LogP contribution in [0.1, 0.15) is 12.5 Å². The van der Waals surface area contributed by atoms with Gasteiger partial charge in [0.15, 0.2) is 0 Å². The number of aromatic nitrogens is 2. The van der Waals surface area contributed by atoms with Gasteiger partial charge in [-0.15, -0.1) is 0 Å². The molecule has 0 bridgehead atoms. The minimum Gasteiger partial charge on any atom is -0.508 e. The predicted octanol–water partition coefficient (Wildman–Crippen LogP) is 2.22. The van der Waals surface area contributed by atoms with Gasteiger partial charge in [0.05, 0.1) is 11.9 Å². The second kappa shape index (κ2) is 4.09. The van der Waals surface area contributed by atoms with Crippen LogP contribution in [0.25, 0.3) is 11.3 Å². The molecule has 1 heterocycles. The molecule has 0 saturated heterocycles. The zero-order chi connectivity index (χ0) is 11.7. The molecule has 16 heavy (non-hydrogen) atoms. The molecule has 2 N–H and O–H groups in total. The number of imidazole rings is 1. The van der Waals surface area contributed by atoms with E-state index >= 15 is 0 Å². The zero-order valence-electron chi connectivity index (χ0n) is 8.75. The highest BCUT2D eigenvalue weighted by molar-refractivity contribution is 7.78. The summed E-state index contributed by atoms with van der Waals surface area (Å²) in [6.45, 7) is 1.94. The third-order valence-electron chi connectivity index (χ3n) is 2.47. The predicted molar refractivity (Wildman–Crippen MR) is 64.8 cm³/mol. The Morgan fingerprint density at radius 2 is 2.06 bits per heavy atom. The van der Waals surface area contributed by atoms with Crippen LogP contribution in [0, 0.1) is 0 Å². The number of rotatable bonds is 2. The first kappa shape index (κ1) is 10.9. The molecule has 84 valence electrons. The molecule has 0 spiro atoms. The summed E-state index contributed by atoms with van der Waals surface area (Å²) in [6.07, 6.45) is 3.84. The fourth-order valence-corrected chi connectivity index (χ4v) is 1.81. The van der Waals surface area contributed by atoms with Crippen LogP contribution in [0.5, 0.6) is 11.5 Å². The average Bonchev–Trinajstić information content (AvgIpc) is 2.65. The molecule has 0 saturated carbocycles. The van der Waals surface area contributed by atoms with Crippen LogP contribution in [-0.4, -0.2) is 19.2 Å². The zero-order valence-corrected chi connectivity index (χ0v) is 9.65. The molecular weight excluding hydrogens is 224 g/mol. The Bertz CT molecular complexity index is 523. The van der Waals surface area contributed by atoms with E-state index in [-0.39, 0.29) is 11.5 Å². The van der Waals surface area contributed by atoms with Crippen LogP contribution in [0.4, 0.5) is 0 Å². The van der Waals surface area contributed by atoms with E-state index in [0.717, 1.165) is 5.56 Å². The molecule has 5 heteroatoms. The van der Waals surface area contributed by atoms with E-state index in [2.05, 4.69) is 17.8 Å². The van der Waals surface area contributed by atoms with Gasteiger partial charge < -0.3 is 10.2 Å². The lowest BCUT2D eigenvalue weighted by Gasteiger charge is -2.08. The SMILES string of the molecule is CCc1cc(-c2cncn2S)c(O)cc1O. The molecule has 0 fully saturated rings. The molecule has 0 amide bonds. The summed E-state index contributed by atoms with van der Waals surface area (Å²) in [5.41, 5.74) is 2.08. The number of thiol groups is 1. The summed E-state index contributed by atoms with van der Waals surface area (Å²) < 4.78 is 1.52. The van der Waals surface area contributed by atoms with Crippen molar-refractivity contribution in [1.82, 2.24) is 8.96 Å². The lowest BCUT2D eigenvalue weighted by Crippen LogP contribution is -1.88. The number of hydrogen-bond acceptors (Lipinski definition) is 4. The second-order valence-electron chi connectivity index (χ2n) is 3.48. The normalized spacial score (nSPS) is 10.6. The van der Waals surface area contributed by atoms with Gasteiger partial charge in [-0.2, -0.15) is 0 Å². The Morgan fingerprint density at radius 3 is 2.62 bits per heavy atom. The number of nitrogens with zero attached hydrogens (tertiary/aromatic N) is 2. The maximum absolute atomic E-state index is 9.77. The lowest BCUT2D eigenvalue weighted by molar-refractivity contribution is 0.447. The number of aromatic hydroxyl groups is 2. The summed E-state index contributed by atoms with van der Waals surface area (Å²) >= 11 is 4.18. The van der Waals surface area contributed by atoms with Gasteiger partial charge in [0.2, 0.25) is 0 Å². The topological polar surface area (TPSA) is 58.3 Å². The van der Waals surface area contributed by atoms with E-state index in [4.69, 9.17) is 0 Å². The van der Waals surface area contributed by atoms with Gasteiger partial charge in [-0.25, -0.2) is 4.98 Å². The first-order chi connectivity index (χ1) is 7.63. The summed E-state index contributed by atoms with van der Waals surface area (Å²) in [6, 6.07) is 3.09. The Labute approximate surface area is 98.7 Å². The summed E-state index contributed by atoms with van der Waals surface area (Å²) in [7, 11) is 0. The smallest absolute Gasteiger partial charge is 0.128 e. The largest absolute Gasteiger partial charge is 0.508 e. The van der Waals surface area contributed by atoms with Crippen molar-refractivity contribution in [2.24, 2.45) is 0 Å². The van der Waals surface area contributed by atoms with Gasteiger partial charge in [-0.1, -0.05) is 19.7 Å². The van der Waals surface area contributed by atoms with Crippen molar-refractivity contribution in [3.63, 3.8) is 0 Å². The van der Waals surface area contributed by atoms with E-state index in [1.54, 1.807) is 12.3 Å². The van der Waals surface area contributed by atoms with Crippen molar-refractivity contribution >= 4 is 12.8 Å². The molecule has 0 unspecified atom stereocenters. The van der Waals surface area contributed by atoms with Crippen LogP contribution >= 0.6 is 12.8 Å². The van der Waals surface area contributed by atoms with Crippen LogP contribution in [-0.2, 0) is 6.42 Å². The molecule has 2 rings (SSSR count). The van der Waals surface area contributed by atoms with E-state index in [0.29, 0.717) is 17.7 Å². The minimum absolute atomic E-state index is 0.0190. The highest BCUT2D eigenvalue weighted by Crippen LogP contribution is 2.35. The average molecular weight is 236 g/mol. The van der Waals surface area contributed by atoms with E-state index in [9.17, 15) is 10.2 Å². The summed E-state index contributed by atoms with van der Waals surface area (Å²) in [4.78, 5) is 3.93. The van der Waals surface area contributed by atoms with Crippen LogP contribution < -0.4 is 0 Å². The Balaban J connectivity index is 2.61. The maximum atomic E-state index is 9.77. The van der Waals surface area contributed by atoms with Gasteiger partial charge in [0.1, 0.15) is 17.8 Å². The number of phenolic OH excluding ortho intramolecular Hbond substituents is 2. The van der Waals surface area contributed by atoms with Gasteiger partial charge >= 0.3 is 0 Å². The first-order valence-corrected chi connectivity index (χ1v) is 5.30. The molecule has 0 aliphatic rings. The fraction of sp³-hybridized carbons (Fsp3) is 0.182. The van der Waals surface area contributed by atoms with Gasteiger partial charge in [-0.3, -0.25) is 3.97 Å². The second-order valence-corrected chi connectivity index (χ2v) is 3.91. The van der Waals surface area contributed by atoms with Crippen molar-refractivity contribution in [3.05, 3.63) is 30.2 Å². The standard InChI is InChI=1S/C11H12N2O2S/c1-2-7-3-8(11(15)4-10(7)14)9-5-12-6-13(9)16/h3-6,14-16H,2H2,1H3. The van der Waals surface area contributed by atoms with Crippen LogP contribution in [0.3, 0.4) is 0 Å². The fourth-order valence-electron chi connectivity index (χ4n) is 1.59. The molecule has 0 aliphatic carbocycles. The summed E-state index contributed by atoms with van der Waals surface area (Å²) in [5.74, 6) is 0.125. The van der Waals surface area contributed by atoms with Crippen molar-refractivity contribution in [3.8, 4) is 22.8 Å². The molecule has 1 aromatic heterocycles. The first-order valence-electron chi connectivity index (χ1n) is 4.90. The Kier molecular flexibility index (Phi) is 2.78. The maximum Gasteiger partial charge on any atom is 0.128 e. The third kappa shape index (κ3) is 1.74. The molecule has 1 aromatic carbocycles. The lowest BCUT2D eigenvalue weighted by atomic mass is 10.0. The van der Waals surface area contributed by atoms with Gasteiger partial charge in [0.25, 0.3) is 0 Å². The van der Waals surface area contributed by atoms with Crippen molar-refractivity contribution < 1.29 is 10.2 Å². The number of hydrogen-bond donors (Lipinski definition) is 3. The summed E-state index contributed by atoms with van der Waals surface area (Å²) in [5, 5.41) is 19.4. The van der Waals surface area contributed by atoms with Gasteiger partial charge in [-0.05, 0) is 18.1 Å². The number of aryl methyl sites for hydroxylation is 1. The highest BCUT2D eigenvalue weighted by Gasteiger charge is 2.12.